The van der Waals surface area contributed by atoms with Crippen molar-refractivity contribution in [3.63, 3.8) is 0 Å². The summed E-state index contributed by atoms with van der Waals surface area (Å²) in [5.74, 6) is -2.62. The van der Waals surface area contributed by atoms with E-state index < -0.39 is 30.8 Å². The highest BCUT2D eigenvalue weighted by Gasteiger charge is 2.45. The molecule has 7 nitrogen and oxygen atoms in total. The highest BCUT2D eigenvalue weighted by atomic mass is 19.4. The maximum Gasteiger partial charge on any atom is 0.416 e. The molecule has 2 saturated heterocycles. The van der Waals surface area contributed by atoms with Crippen molar-refractivity contribution in [1.82, 2.24) is 19.9 Å². The Morgan fingerprint density at radius 1 is 1.15 bits per heavy atom. The number of hydrogen-bond acceptors (Lipinski definition) is 6. The molecule has 4 heterocycles. The largest absolute Gasteiger partial charge is 0.416 e. The summed E-state index contributed by atoms with van der Waals surface area (Å²) in [7, 11) is 0. The van der Waals surface area contributed by atoms with Gasteiger partial charge in [-0.05, 0) is 25.0 Å². The standard InChI is InChI=1S/C21H23F5N6O/c1-2-18(33)31-7-4-13(5-8-31)15-10-17(30-19(28-15)32-11-20(22,23)12-32)29-16-9-14(3-6-27-16)21(24,25)26/h3,6,9-10,13H,2,4-5,7-8,11-12H2,1H3,(H,27,28,29,30). The van der Waals surface area contributed by atoms with E-state index in [1.54, 1.807) is 17.9 Å². The van der Waals surface area contributed by atoms with Crippen LogP contribution < -0.4 is 10.2 Å². The summed E-state index contributed by atoms with van der Waals surface area (Å²) in [6.45, 7) is 1.85. The summed E-state index contributed by atoms with van der Waals surface area (Å²) in [4.78, 5) is 27.7. The van der Waals surface area contributed by atoms with Gasteiger partial charge in [-0.1, -0.05) is 6.92 Å². The molecular weight excluding hydrogens is 447 g/mol. The molecular formula is C21H23F5N6O. The minimum absolute atomic E-state index is 0.0375. The Kier molecular flexibility index (Phi) is 6.10. The summed E-state index contributed by atoms with van der Waals surface area (Å²) in [6, 6.07) is 3.31. The number of carbonyl (C=O) groups is 1. The maximum atomic E-state index is 13.4. The smallest absolute Gasteiger partial charge is 0.343 e. The third kappa shape index (κ3) is 5.31. The quantitative estimate of drug-likeness (QED) is 0.661. The van der Waals surface area contributed by atoms with E-state index >= 15 is 0 Å². The molecule has 0 radical (unpaired) electrons. The molecule has 0 saturated carbocycles. The van der Waals surface area contributed by atoms with E-state index in [4.69, 9.17) is 0 Å². The van der Waals surface area contributed by atoms with Crippen molar-refractivity contribution in [2.75, 3.05) is 36.4 Å². The first-order chi connectivity index (χ1) is 15.5. The van der Waals surface area contributed by atoms with Crippen LogP contribution in [0.15, 0.2) is 24.4 Å². The number of amides is 1. The molecule has 4 rings (SSSR count). The monoisotopic (exact) mass is 470 g/mol. The van der Waals surface area contributed by atoms with Crippen LogP contribution in [0.1, 0.15) is 43.4 Å². The minimum Gasteiger partial charge on any atom is -0.343 e. The zero-order valence-electron chi connectivity index (χ0n) is 17.9. The van der Waals surface area contributed by atoms with E-state index in [0.717, 1.165) is 18.3 Å². The van der Waals surface area contributed by atoms with E-state index in [9.17, 15) is 26.7 Å². The molecule has 1 amide bonds. The minimum atomic E-state index is -4.53. The van der Waals surface area contributed by atoms with Gasteiger partial charge in [-0.15, -0.1) is 0 Å². The number of nitrogens with one attached hydrogen (secondary N) is 1. The topological polar surface area (TPSA) is 74.2 Å². The fourth-order valence-electron chi connectivity index (χ4n) is 3.98. The van der Waals surface area contributed by atoms with Crippen molar-refractivity contribution in [2.24, 2.45) is 0 Å². The predicted molar refractivity (Wildman–Crippen MR) is 111 cm³/mol. The summed E-state index contributed by atoms with van der Waals surface area (Å²) >= 11 is 0. The van der Waals surface area contributed by atoms with Gasteiger partial charge in [0.2, 0.25) is 11.9 Å². The second-order valence-corrected chi connectivity index (χ2v) is 8.25. The van der Waals surface area contributed by atoms with Gasteiger partial charge < -0.3 is 15.1 Å². The third-order valence-corrected chi connectivity index (χ3v) is 5.77. The lowest BCUT2D eigenvalue weighted by Crippen LogP contribution is -2.57. The van der Waals surface area contributed by atoms with E-state index in [1.807, 2.05) is 0 Å². The van der Waals surface area contributed by atoms with Gasteiger partial charge in [0.1, 0.15) is 11.6 Å². The van der Waals surface area contributed by atoms with Crippen molar-refractivity contribution in [3.8, 4) is 0 Å². The summed E-state index contributed by atoms with van der Waals surface area (Å²) in [5, 5.41) is 2.76. The van der Waals surface area contributed by atoms with E-state index in [2.05, 4.69) is 20.3 Å². The number of pyridine rings is 1. The Morgan fingerprint density at radius 3 is 2.45 bits per heavy atom. The van der Waals surface area contributed by atoms with Crippen LogP contribution in [0.2, 0.25) is 0 Å². The van der Waals surface area contributed by atoms with E-state index in [1.165, 1.54) is 4.90 Å². The average Bonchev–Trinajstić information content (AvgIpc) is 2.76. The van der Waals surface area contributed by atoms with Crippen LogP contribution in [0.3, 0.4) is 0 Å². The first-order valence-corrected chi connectivity index (χ1v) is 10.6. The first kappa shape index (κ1) is 23.1. The number of aromatic nitrogens is 3. The number of alkyl halides is 5. The van der Waals surface area contributed by atoms with Gasteiger partial charge >= 0.3 is 6.18 Å². The van der Waals surface area contributed by atoms with Gasteiger partial charge in [0, 0.05) is 37.7 Å². The molecule has 178 valence electrons. The van der Waals surface area contributed by atoms with Crippen LogP contribution in [-0.2, 0) is 11.0 Å². The van der Waals surface area contributed by atoms with Gasteiger partial charge in [0.25, 0.3) is 5.92 Å². The number of carbonyl (C=O) groups excluding carboxylic acids is 1. The summed E-state index contributed by atoms with van der Waals surface area (Å²) in [5.41, 5.74) is -0.279. The first-order valence-electron chi connectivity index (χ1n) is 10.6. The lowest BCUT2D eigenvalue weighted by molar-refractivity contribution is -0.137. The van der Waals surface area contributed by atoms with Crippen LogP contribution in [0.25, 0.3) is 0 Å². The SMILES string of the molecule is CCC(=O)N1CCC(c2cc(Nc3cc(C(F)(F)F)ccn3)nc(N3CC(F)(F)C3)n2)CC1. The number of halogens is 5. The molecule has 2 fully saturated rings. The van der Waals surface area contributed by atoms with Gasteiger partial charge in [0.05, 0.1) is 24.3 Å². The average molecular weight is 470 g/mol. The van der Waals surface area contributed by atoms with E-state index in [0.29, 0.717) is 38.0 Å². The molecule has 0 atom stereocenters. The lowest BCUT2D eigenvalue weighted by Gasteiger charge is -2.39. The molecule has 2 aromatic heterocycles. The Bertz CT molecular complexity index is 1010. The zero-order valence-corrected chi connectivity index (χ0v) is 17.9. The number of hydrogen-bond donors (Lipinski definition) is 1. The molecule has 0 spiro atoms. The normalized spacial score (nSPS) is 18.7. The summed E-state index contributed by atoms with van der Waals surface area (Å²) in [6.07, 6.45) is -1.80. The van der Waals surface area contributed by atoms with Crippen LogP contribution in [0.4, 0.5) is 39.5 Å². The molecule has 2 aliphatic heterocycles. The second kappa shape index (κ2) is 8.71. The highest BCUT2D eigenvalue weighted by molar-refractivity contribution is 5.75. The van der Waals surface area contributed by atoms with E-state index in [-0.39, 0.29) is 29.4 Å². The van der Waals surface area contributed by atoms with Crippen LogP contribution in [0, 0.1) is 0 Å². The zero-order chi connectivity index (χ0) is 23.8. The van der Waals surface area contributed by atoms with Crippen molar-refractivity contribution < 1.29 is 26.7 Å². The van der Waals surface area contributed by atoms with Crippen molar-refractivity contribution in [2.45, 2.75) is 44.2 Å². The number of piperidine rings is 1. The molecule has 2 aliphatic rings. The van der Waals surface area contributed by atoms with Gasteiger partial charge in [0.15, 0.2) is 0 Å². The third-order valence-electron chi connectivity index (χ3n) is 5.77. The molecule has 1 N–H and O–H groups in total. The van der Waals surface area contributed by atoms with Crippen molar-refractivity contribution >= 4 is 23.5 Å². The Hall–Kier alpha value is -3.05. The number of nitrogens with zero attached hydrogens (tertiary/aromatic N) is 5. The number of rotatable bonds is 5. The number of anilines is 3. The Labute approximate surface area is 187 Å². The van der Waals surface area contributed by atoms with Gasteiger partial charge in [-0.25, -0.2) is 18.7 Å². The molecule has 12 heteroatoms. The fraction of sp³-hybridized carbons (Fsp3) is 0.524. The highest BCUT2D eigenvalue weighted by Crippen LogP contribution is 2.35. The number of likely N-dealkylation sites (tertiary alicyclic amines) is 1. The molecule has 0 unspecified atom stereocenters. The Morgan fingerprint density at radius 2 is 1.85 bits per heavy atom. The molecule has 33 heavy (non-hydrogen) atoms. The maximum absolute atomic E-state index is 13.4. The van der Waals surface area contributed by atoms with Gasteiger partial charge in [-0.2, -0.15) is 18.2 Å². The Balaban J connectivity index is 1.59. The van der Waals surface area contributed by atoms with Crippen LogP contribution in [-0.4, -0.2) is 57.9 Å². The predicted octanol–water partition coefficient (Wildman–Crippen LogP) is 4.21. The summed E-state index contributed by atoms with van der Waals surface area (Å²) < 4.78 is 65.9. The van der Waals surface area contributed by atoms with Crippen molar-refractivity contribution in [3.05, 3.63) is 35.7 Å². The molecule has 2 aromatic rings. The molecule has 0 aromatic carbocycles. The lowest BCUT2D eigenvalue weighted by atomic mass is 9.93. The fourth-order valence-corrected chi connectivity index (χ4v) is 3.98. The molecule has 0 bridgehead atoms. The van der Waals surface area contributed by atoms with Crippen LogP contribution >= 0.6 is 0 Å². The van der Waals surface area contributed by atoms with Crippen molar-refractivity contribution in [1.29, 1.82) is 0 Å². The second-order valence-electron chi connectivity index (χ2n) is 8.25. The molecule has 0 aliphatic carbocycles. The van der Waals surface area contributed by atoms with Gasteiger partial charge in [-0.3, -0.25) is 4.79 Å². The van der Waals surface area contributed by atoms with Crippen LogP contribution in [0.5, 0.6) is 0 Å².